The van der Waals surface area contributed by atoms with Crippen LogP contribution < -0.4 is 9.47 Å². The van der Waals surface area contributed by atoms with Gasteiger partial charge in [-0.25, -0.2) is 4.79 Å². The van der Waals surface area contributed by atoms with Crippen LogP contribution in [0.1, 0.15) is 11.1 Å². The Balaban J connectivity index is 2.03. The third-order valence-electron chi connectivity index (χ3n) is 3.25. The molecule has 0 heterocycles. The van der Waals surface area contributed by atoms with Crippen LogP contribution in [0.4, 0.5) is 0 Å². The molecular weight excluding hydrogens is 340 g/mol. The van der Waals surface area contributed by atoms with E-state index in [4.69, 9.17) is 25.8 Å². The third-order valence-corrected chi connectivity index (χ3v) is 3.50. The smallest absolute Gasteiger partial charge is 0.331 e. The molecule has 2 aromatic carbocycles. The Labute approximate surface area is 152 Å². The number of carbonyl (C=O) groups is 1. The zero-order valence-corrected chi connectivity index (χ0v) is 14.7. The van der Waals surface area contributed by atoms with Crippen LogP contribution in [0, 0.1) is 0 Å². The number of methoxy groups -OCH3 is 1. The topological polar surface area (TPSA) is 44.8 Å². The second-order valence-electron chi connectivity index (χ2n) is 5.08. The predicted octanol–water partition coefficient (Wildman–Crippen LogP) is 4.67. The summed E-state index contributed by atoms with van der Waals surface area (Å²) in [5.74, 6) is 0.765. The van der Waals surface area contributed by atoms with Gasteiger partial charge in [-0.2, -0.15) is 0 Å². The van der Waals surface area contributed by atoms with Gasteiger partial charge >= 0.3 is 5.97 Å². The van der Waals surface area contributed by atoms with E-state index in [1.807, 2.05) is 30.3 Å². The van der Waals surface area contributed by atoms with Gasteiger partial charge in [0.1, 0.15) is 13.2 Å². The molecular formula is C20H19ClO4. The summed E-state index contributed by atoms with van der Waals surface area (Å²) in [5, 5.41) is 0.684. The van der Waals surface area contributed by atoms with Crippen molar-refractivity contribution in [2.75, 3.05) is 13.7 Å². The van der Waals surface area contributed by atoms with Crippen LogP contribution in [-0.4, -0.2) is 19.7 Å². The summed E-state index contributed by atoms with van der Waals surface area (Å²) in [6.45, 7) is 4.07. The summed E-state index contributed by atoms with van der Waals surface area (Å²) < 4.78 is 16.0. The molecule has 0 atom stereocenters. The summed E-state index contributed by atoms with van der Waals surface area (Å²) in [6.07, 6.45) is 4.52. The molecule has 0 amide bonds. The van der Waals surface area contributed by atoms with Crippen molar-refractivity contribution in [1.29, 1.82) is 0 Å². The van der Waals surface area contributed by atoms with Gasteiger partial charge in [0.2, 0.25) is 0 Å². The molecule has 0 saturated heterocycles. The minimum Gasteiger partial charge on any atom is -0.493 e. The fourth-order valence-electron chi connectivity index (χ4n) is 2.00. The number of halogens is 1. The molecule has 4 nitrogen and oxygen atoms in total. The molecule has 0 unspecified atom stereocenters. The summed E-state index contributed by atoms with van der Waals surface area (Å²) in [7, 11) is 1.57. The third kappa shape index (κ3) is 6.01. The average Bonchev–Trinajstić information content (AvgIpc) is 2.64. The van der Waals surface area contributed by atoms with E-state index in [0.29, 0.717) is 23.1 Å². The Morgan fingerprint density at radius 2 is 1.92 bits per heavy atom. The second kappa shape index (κ2) is 9.55. The van der Waals surface area contributed by atoms with Crippen molar-refractivity contribution in [2.45, 2.75) is 6.61 Å². The monoisotopic (exact) mass is 358 g/mol. The van der Waals surface area contributed by atoms with Crippen LogP contribution >= 0.6 is 11.6 Å². The summed E-state index contributed by atoms with van der Waals surface area (Å²) in [5.41, 5.74) is 1.80. The van der Waals surface area contributed by atoms with Gasteiger partial charge < -0.3 is 14.2 Å². The molecule has 0 aliphatic rings. The van der Waals surface area contributed by atoms with Crippen molar-refractivity contribution in [3.05, 3.63) is 77.3 Å². The molecule has 2 aromatic rings. The van der Waals surface area contributed by atoms with Gasteiger partial charge in [-0.1, -0.05) is 42.5 Å². The second-order valence-corrected chi connectivity index (χ2v) is 5.51. The molecule has 0 aliphatic heterocycles. The number of benzene rings is 2. The molecule has 130 valence electrons. The number of ether oxygens (including phenoxy) is 3. The maximum absolute atomic E-state index is 11.5. The molecule has 0 spiro atoms. The van der Waals surface area contributed by atoms with E-state index in [9.17, 15) is 4.79 Å². The first-order chi connectivity index (χ1) is 12.1. The lowest BCUT2D eigenvalue weighted by Crippen LogP contribution is -1.99. The standard InChI is InChI=1S/C20H19ClO4/c1-3-12-24-20(22)11-7-15-6-10-18(19(13-15)23-2)25-14-16-4-8-17(21)9-5-16/h3-11,13H,1,12,14H2,2H3/b11-7+. The largest absolute Gasteiger partial charge is 0.493 e. The van der Waals surface area contributed by atoms with Crippen molar-refractivity contribution >= 4 is 23.6 Å². The van der Waals surface area contributed by atoms with E-state index in [2.05, 4.69) is 6.58 Å². The highest BCUT2D eigenvalue weighted by atomic mass is 35.5. The lowest BCUT2D eigenvalue weighted by molar-refractivity contribution is -0.136. The highest BCUT2D eigenvalue weighted by molar-refractivity contribution is 6.30. The number of rotatable bonds is 8. The van der Waals surface area contributed by atoms with Crippen LogP contribution in [-0.2, 0) is 16.1 Å². The van der Waals surface area contributed by atoms with Crippen molar-refractivity contribution in [2.24, 2.45) is 0 Å². The maximum atomic E-state index is 11.5. The average molecular weight is 359 g/mol. The van der Waals surface area contributed by atoms with Gasteiger partial charge in [-0.15, -0.1) is 0 Å². The van der Waals surface area contributed by atoms with E-state index < -0.39 is 5.97 Å². The SMILES string of the molecule is C=CCOC(=O)/C=C/c1ccc(OCc2ccc(Cl)cc2)c(OC)c1. The van der Waals surface area contributed by atoms with Gasteiger partial charge in [-0.3, -0.25) is 0 Å². The van der Waals surface area contributed by atoms with E-state index in [1.54, 1.807) is 25.3 Å². The molecule has 25 heavy (non-hydrogen) atoms. The summed E-state index contributed by atoms with van der Waals surface area (Å²) in [6, 6.07) is 12.9. The van der Waals surface area contributed by atoms with Gasteiger partial charge in [0.15, 0.2) is 11.5 Å². The minimum atomic E-state index is -0.429. The first-order valence-corrected chi connectivity index (χ1v) is 8.01. The molecule has 0 bridgehead atoms. The normalized spacial score (nSPS) is 10.5. The lowest BCUT2D eigenvalue weighted by Gasteiger charge is -2.11. The van der Waals surface area contributed by atoms with E-state index in [-0.39, 0.29) is 6.61 Å². The van der Waals surface area contributed by atoms with Crippen molar-refractivity contribution in [1.82, 2.24) is 0 Å². The molecule has 0 N–H and O–H groups in total. The molecule has 5 heteroatoms. The number of hydrogen-bond acceptors (Lipinski definition) is 4. The highest BCUT2D eigenvalue weighted by Crippen LogP contribution is 2.29. The summed E-state index contributed by atoms with van der Waals surface area (Å²) >= 11 is 5.87. The van der Waals surface area contributed by atoms with Crippen LogP contribution in [0.5, 0.6) is 11.5 Å². The molecule has 0 fully saturated rings. The minimum absolute atomic E-state index is 0.184. The van der Waals surface area contributed by atoms with Crippen molar-refractivity contribution in [3.63, 3.8) is 0 Å². The van der Waals surface area contributed by atoms with Crippen LogP contribution in [0.25, 0.3) is 6.08 Å². The first-order valence-electron chi connectivity index (χ1n) is 7.63. The van der Waals surface area contributed by atoms with Crippen LogP contribution in [0.2, 0.25) is 5.02 Å². The molecule has 0 saturated carbocycles. The van der Waals surface area contributed by atoms with Crippen LogP contribution in [0.3, 0.4) is 0 Å². The van der Waals surface area contributed by atoms with Gasteiger partial charge in [-0.05, 0) is 41.5 Å². The van der Waals surface area contributed by atoms with Crippen molar-refractivity contribution < 1.29 is 19.0 Å². The van der Waals surface area contributed by atoms with Gasteiger partial charge in [0, 0.05) is 11.1 Å². The Hall–Kier alpha value is -2.72. The zero-order valence-electron chi connectivity index (χ0n) is 13.9. The first kappa shape index (κ1) is 18.6. The van der Waals surface area contributed by atoms with Crippen molar-refractivity contribution in [3.8, 4) is 11.5 Å². The highest BCUT2D eigenvalue weighted by Gasteiger charge is 2.06. The predicted molar refractivity (Wildman–Crippen MR) is 99.0 cm³/mol. The molecule has 2 rings (SSSR count). The summed E-state index contributed by atoms with van der Waals surface area (Å²) in [4.78, 5) is 11.5. The fourth-order valence-corrected chi connectivity index (χ4v) is 2.13. The van der Waals surface area contributed by atoms with Crippen LogP contribution in [0.15, 0.2) is 61.2 Å². The van der Waals surface area contributed by atoms with E-state index >= 15 is 0 Å². The Bertz CT molecular complexity index is 751. The van der Waals surface area contributed by atoms with E-state index in [1.165, 1.54) is 12.2 Å². The number of esters is 1. The van der Waals surface area contributed by atoms with Gasteiger partial charge in [0.05, 0.1) is 7.11 Å². The molecule has 0 aliphatic carbocycles. The Kier molecular flexibility index (Phi) is 7.11. The Morgan fingerprint density at radius 1 is 1.16 bits per heavy atom. The number of hydrogen-bond donors (Lipinski definition) is 0. The fraction of sp³-hybridized carbons (Fsp3) is 0.150. The zero-order chi connectivity index (χ0) is 18.1. The maximum Gasteiger partial charge on any atom is 0.331 e. The quantitative estimate of drug-likeness (QED) is 0.391. The Morgan fingerprint density at radius 3 is 2.60 bits per heavy atom. The lowest BCUT2D eigenvalue weighted by atomic mass is 10.2. The van der Waals surface area contributed by atoms with Gasteiger partial charge in [0.25, 0.3) is 0 Å². The molecule has 0 aromatic heterocycles. The molecule has 0 radical (unpaired) electrons. The number of carbonyl (C=O) groups excluding carboxylic acids is 1. The van der Waals surface area contributed by atoms with E-state index in [0.717, 1.165) is 11.1 Å².